The fourth-order valence-electron chi connectivity index (χ4n) is 2.08. The second-order valence-electron chi connectivity index (χ2n) is 4.25. The Balaban J connectivity index is 0.00000147. The predicted octanol–water partition coefficient (Wildman–Crippen LogP) is 1.25. The van der Waals surface area contributed by atoms with Gasteiger partial charge in [-0.1, -0.05) is 54.6 Å². The second kappa shape index (κ2) is 7.50. The molecule has 0 saturated heterocycles. The normalized spacial score (nSPS) is 10.1. The summed E-state index contributed by atoms with van der Waals surface area (Å²) in [5.41, 5.74) is 0. The van der Waals surface area contributed by atoms with E-state index in [1.165, 1.54) is 14.7 Å². The first-order valence-electron chi connectivity index (χ1n) is 6.34. The Morgan fingerprint density at radius 3 is 0.900 bits per heavy atom. The molecule has 0 nitrogen and oxygen atoms in total. The Morgan fingerprint density at radius 2 is 0.650 bits per heavy atom. The molecule has 0 atom stereocenters. The molecule has 0 N–H and O–H groups in total. The minimum Gasteiger partial charge on any atom is -0.0619 e. The molecule has 0 aliphatic rings. The van der Waals surface area contributed by atoms with Crippen LogP contribution >= 0.6 is 0 Å². The Bertz CT molecular complexity index is 529. The molecule has 0 spiro atoms. The number of hydrogen-bond acceptors (Lipinski definition) is 0. The first kappa shape index (κ1) is 15.1. The molecule has 3 rings (SSSR count). The van der Waals surface area contributed by atoms with Gasteiger partial charge in [0.2, 0.25) is 24.0 Å². The molecule has 3 aromatic rings. The van der Waals surface area contributed by atoms with E-state index in [0.717, 1.165) is 0 Å². The van der Waals surface area contributed by atoms with Crippen molar-refractivity contribution in [2.45, 2.75) is 14.7 Å². The highest BCUT2D eigenvalue weighted by Crippen LogP contribution is 2.30. The average Bonchev–Trinajstić information content (AvgIpc) is 2.51. The molecule has 3 aromatic carbocycles. The monoisotopic (exact) mass is 392 g/mol. The molecule has 0 radical (unpaired) electrons. The van der Waals surface area contributed by atoms with E-state index in [0.29, 0.717) is 0 Å². The Morgan fingerprint density at radius 1 is 0.400 bits per heavy atom. The fourth-order valence-corrected chi connectivity index (χ4v) is 4.18. The van der Waals surface area contributed by atoms with Gasteiger partial charge in [-0.15, -0.1) is 0 Å². The van der Waals surface area contributed by atoms with E-state index in [1.54, 1.807) is 0 Å². The van der Waals surface area contributed by atoms with Crippen LogP contribution in [0.4, 0.5) is 0 Å². The summed E-state index contributed by atoms with van der Waals surface area (Å²) < 4.78 is 0. The van der Waals surface area contributed by atoms with Gasteiger partial charge in [0.1, 0.15) is 0 Å². The van der Waals surface area contributed by atoms with Crippen molar-refractivity contribution in [3.8, 4) is 0 Å². The van der Waals surface area contributed by atoms with Gasteiger partial charge in [0, 0.05) is 0 Å². The van der Waals surface area contributed by atoms with Crippen molar-refractivity contribution in [3.63, 3.8) is 0 Å². The van der Waals surface area contributed by atoms with E-state index >= 15 is 0 Å². The molecule has 0 saturated carbocycles. The fraction of sp³-hybridized carbons (Fsp3) is 0. The largest absolute Gasteiger partial charge is 0.235 e. The van der Waals surface area contributed by atoms with Gasteiger partial charge in [-0.3, -0.25) is 0 Å². The molecule has 0 fully saturated rings. The molecule has 0 unspecified atom stereocenters. The molecule has 0 heterocycles. The minimum absolute atomic E-state index is 0. The Labute approximate surface area is 140 Å². The summed E-state index contributed by atoms with van der Waals surface area (Å²) in [6.07, 6.45) is 0. The van der Waals surface area contributed by atoms with Gasteiger partial charge in [0.15, 0.2) is 14.7 Å². The van der Waals surface area contributed by atoms with Crippen molar-refractivity contribution in [2.24, 2.45) is 0 Å². The first-order chi connectivity index (χ1) is 9.45. The van der Waals surface area contributed by atoms with Crippen LogP contribution in [0.25, 0.3) is 0 Å². The third-order valence-electron chi connectivity index (χ3n) is 2.94. The number of hydrogen-bond donors (Lipinski definition) is 0. The summed E-state index contributed by atoms with van der Waals surface area (Å²) in [5, 5.41) is 0. The average molecular weight is 392 g/mol. The van der Waals surface area contributed by atoms with Crippen molar-refractivity contribution in [1.29, 1.82) is 0 Å². The Hall–Kier alpha value is -1.26. The lowest BCUT2D eigenvalue weighted by molar-refractivity contribution is -0.00000371. The van der Waals surface area contributed by atoms with E-state index in [4.69, 9.17) is 0 Å². The van der Waals surface area contributed by atoms with Crippen LogP contribution in [0.1, 0.15) is 0 Å². The number of halogens is 1. The Kier molecular flexibility index (Phi) is 5.68. The van der Waals surface area contributed by atoms with Gasteiger partial charge in [-0.25, -0.2) is 0 Å². The lowest BCUT2D eigenvalue weighted by Crippen LogP contribution is -3.00. The topological polar surface area (TPSA) is 0 Å². The maximum atomic E-state index is 2.21. The van der Waals surface area contributed by atoms with Crippen LogP contribution in [-0.2, 0) is 10.9 Å². The van der Waals surface area contributed by atoms with Gasteiger partial charge in [-0.2, -0.15) is 0 Å². The molecule has 0 aliphatic heterocycles. The quantitative estimate of drug-likeness (QED) is 0.465. The number of benzene rings is 3. The van der Waals surface area contributed by atoms with Crippen molar-refractivity contribution in [3.05, 3.63) is 91.0 Å². The smallest absolute Gasteiger partial charge is 0.0619 e. The summed E-state index contributed by atoms with van der Waals surface area (Å²) in [4.78, 5) is 4.08. The third-order valence-corrected chi connectivity index (χ3v) is 5.17. The lowest BCUT2D eigenvalue weighted by Gasteiger charge is -2.07. The van der Waals surface area contributed by atoms with Gasteiger partial charge in [-0.05, 0) is 36.4 Å². The molecule has 2 heteroatoms. The SMILES string of the molecule is [IH2+].c1ccc([S+](c2ccccc2)c2ccccc2)cc1. The maximum Gasteiger partial charge on any atom is 0.235 e. The van der Waals surface area contributed by atoms with Gasteiger partial charge in [0.25, 0.3) is 0 Å². The summed E-state index contributed by atoms with van der Waals surface area (Å²) in [7, 11) is -0.0146. The van der Waals surface area contributed by atoms with Crippen LogP contribution in [0.15, 0.2) is 106 Å². The van der Waals surface area contributed by atoms with E-state index < -0.39 is 0 Å². The summed E-state index contributed by atoms with van der Waals surface area (Å²) in [5.74, 6) is 0. The van der Waals surface area contributed by atoms with Crippen molar-refractivity contribution in [2.75, 3.05) is 0 Å². The highest BCUT2D eigenvalue weighted by molar-refractivity contribution is 7.97. The van der Waals surface area contributed by atoms with Crippen molar-refractivity contribution in [1.82, 2.24) is 0 Å². The van der Waals surface area contributed by atoms with E-state index in [2.05, 4.69) is 91.0 Å². The van der Waals surface area contributed by atoms with Crippen molar-refractivity contribution < 1.29 is 24.0 Å². The van der Waals surface area contributed by atoms with Crippen LogP contribution in [0.5, 0.6) is 0 Å². The summed E-state index contributed by atoms with van der Waals surface area (Å²) in [6, 6.07) is 32.2. The lowest BCUT2D eigenvalue weighted by atomic mass is 10.4. The second-order valence-corrected chi connectivity index (χ2v) is 6.27. The van der Waals surface area contributed by atoms with Crippen LogP contribution < -0.4 is 24.0 Å². The third kappa shape index (κ3) is 3.44. The zero-order valence-electron chi connectivity index (χ0n) is 11.0. The molecule has 20 heavy (non-hydrogen) atoms. The van der Waals surface area contributed by atoms with E-state index in [9.17, 15) is 0 Å². The molecule has 100 valence electrons. The standard InChI is InChI=1S/C18H15S.H2I/c1-4-10-16(11-5-1)19(17-12-6-2-7-13-17)18-14-8-3-9-15-18;/h1-15H;1H2/q2*+1. The summed E-state index contributed by atoms with van der Waals surface area (Å²) >= 11 is 0. The summed E-state index contributed by atoms with van der Waals surface area (Å²) in [6.45, 7) is 0. The molecule has 0 bridgehead atoms. The molecular weight excluding hydrogens is 375 g/mol. The van der Waals surface area contributed by atoms with Gasteiger partial charge >= 0.3 is 0 Å². The molecule has 0 amide bonds. The zero-order chi connectivity index (χ0) is 12.9. The molecule has 0 aromatic heterocycles. The van der Waals surface area contributed by atoms with E-state index in [-0.39, 0.29) is 34.9 Å². The number of rotatable bonds is 3. The van der Waals surface area contributed by atoms with Crippen LogP contribution in [0.2, 0.25) is 0 Å². The van der Waals surface area contributed by atoms with Crippen LogP contribution in [0.3, 0.4) is 0 Å². The van der Waals surface area contributed by atoms with Gasteiger partial charge < -0.3 is 0 Å². The molecule has 0 aliphatic carbocycles. The van der Waals surface area contributed by atoms with Gasteiger partial charge in [0.05, 0.1) is 10.9 Å². The highest BCUT2D eigenvalue weighted by Gasteiger charge is 2.27. The molecular formula is C18H17IS+2. The van der Waals surface area contributed by atoms with Crippen LogP contribution in [0, 0.1) is 0 Å². The van der Waals surface area contributed by atoms with Crippen molar-refractivity contribution >= 4 is 10.9 Å². The zero-order valence-corrected chi connectivity index (χ0v) is 14.4. The highest BCUT2D eigenvalue weighted by atomic mass is 127. The van der Waals surface area contributed by atoms with E-state index in [1.807, 2.05) is 0 Å². The maximum absolute atomic E-state index is 2.21. The first-order valence-corrected chi connectivity index (χ1v) is 7.57. The predicted molar refractivity (Wildman–Crippen MR) is 84.3 cm³/mol. The minimum atomic E-state index is -0.0146. The van der Waals surface area contributed by atoms with Crippen LogP contribution in [-0.4, -0.2) is 0 Å².